The Kier molecular flexibility index (Phi) is 7.51. The number of hydrogen-bond acceptors (Lipinski definition) is 6. The summed E-state index contributed by atoms with van der Waals surface area (Å²) in [7, 11) is 0. The Hall–Kier alpha value is -0.240. The van der Waals surface area contributed by atoms with E-state index in [0.717, 1.165) is 42.9 Å². The average molecular weight is 516 g/mol. The van der Waals surface area contributed by atoms with Crippen LogP contribution in [-0.4, -0.2) is 121 Å². The minimum atomic E-state index is 0.275. The van der Waals surface area contributed by atoms with Gasteiger partial charge in [0, 0.05) is 80.3 Å². The molecule has 6 aliphatic heterocycles. The van der Waals surface area contributed by atoms with Crippen LogP contribution in [0, 0.1) is 23.7 Å². The molecule has 0 aromatic rings. The summed E-state index contributed by atoms with van der Waals surface area (Å²) >= 11 is 0. The van der Waals surface area contributed by atoms with Gasteiger partial charge >= 0.3 is 0 Å². The lowest BCUT2D eigenvalue weighted by molar-refractivity contribution is 0.00951. The Morgan fingerprint density at radius 1 is 0.649 bits per heavy atom. The van der Waals surface area contributed by atoms with Crippen LogP contribution in [0.15, 0.2) is 0 Å². The molecule has 6 aliphatic rings. The Labute approximate surface area is 227 Å². The van der Waals surface area contributed by atoms with Gasteiger partial charge in [-0.25, -0.2) is 0 Å². The number of rotatable bonds is 9. The summed E-state index contributed by atoms with van der Waals surface area (Å²) < 4.78 is 5.78. The molecule has 6 rings (SSSR count). The van der Waals surface area contributed by atoms with Crippen molar-refractivity contribution in [1.82, 2.24) is 24.9 Å². The molecule has 6 saturated heterocycles. The van der Waals surface area contributed by atoms with Crippen LogP contribution >= 0.6 is 0 Å². The van der Waals surface area contributed by atoms with Gasteiger partial charge in [0.2, 0.25) is 0 Å². The van der Waals surface area contributed by atoms with Gasteiger partial charge in [0.1, 0.15) is 0 Å². The van der Waals surface area contributed by atoms with Gasteiger partial charge in [-0.15, -0.1) is 0 Å². The van der Waals surface area contributed by atoms with E-state index >= 15 is 0 Å². The van der Waals surface area contributed by atoms with E-state index in [0.29, 0.717) is 5.54 Å². The first-order chi connectivity index (χ1) is 17.6. The molecule has 6 atom stereocenters. The fourth-order valence-electron chi connectivity index (χ4n) is 8.93. The Morgan fingerprint density at radius 3 is 1.89 bits per heavy atom. The summed E-state index contributed by atoms with van der Waals surface area (Å²) in [5.74, 6) is 3.29. The van der Waals surface area contributed by atoms with Crippen molar-refractivity contribution >= 4 is 0 Å². The van der Waals surface area contributed by atoms with Crippen LogP contribution in [0.2, 0.25) is 0 Å². The molecule has 0 saturated carbocycles. The molecule has 6 heteroatoms. The summed E-state index contributed by atoms with van der Waals surface area (Å²) in [6.07, 6.45) is 8.08. The molecule has 0 aromatic carbocycles. The predicted molar refractivity (Wildman–Crippen MR) is 152 cm³/mol. The quantitative estimate of drug-likeness (QED) is 0.507. The minimum absolute atomic E-state index is 0.275. The van der Waals surface area contributed by atoms with Gasteiger partial charge in [-0.2, -0.15) is 0 Å². The normalized spacial score (nSPS) is 37.7. The Bertz CT molecular complexity index is 778. The average Bonchev–Trinajstić information content (AvgIpc) is 3.66. The number of nitrogens with one attached hydrogen (secondary N) is 1. The van der Waals surface area contributed by atoms with E-state index < -0.39 is 0 Å². The molecule has 0 bridgehead atoms. The highest BCUT2D eigenvalue weighted by molar-refractivity contribution is 5.02. The molecule has 37 heavy (non-hydrogen) atoms. The number of nitrogens with zero attached hydrogens (tertiary/aromatic N) is 4. The fourth-order valence-corrected chi connectivity index (χ4v) is 8.93. The van der Waals surface area contributed by atoms with Crippen LogP contribution in [0.3, 0.4) is 0 Å². The highest BCUT2D eigenvalue weighted by Crippen LogP contribution is 2.42. The molecule has 6 heterocycles. The van der Waals surface area contributed by atoms with E-state index in [1.807, 2.05) is 0 Å². The monoisotopic (exact) mass is 515 g/mol. The first-order valence-corrected chi connectivity index (χ1v) is 15.9. The van der Waals surface area contributed by atoms with Gasteiger partial charge in [0.25, 0.3) is 0 Å². The summed E-state index contributed by atoms with van der Waals surface area (Å²) in [4.78, 5) is 11.4. The van der Waals surface area contributed by atoms with Crippen LogP contribution < -0.4 is 5.32 Å². The van der Waals surface area contributed by atoms with Crippen molar-refractivity contribution in [3.8, 4) is 0 Å². The third-order valence-corrected chi connectivity index (χ3v) is 12.2. The molecule has 0 amide bonds. The number of fused-ring (bicyclic) bond motifs is 3. The van der Waals surface area contributed by atoms with E-state index in [4.69, 9.17) is 4.74 Å². The topological polar surface area (TPSA) is 34.2 Å². The summed E-state index contributed by atoms with van der Waals surface area (Å²) in [5, 5.41) is 3.67. The van der Waals surface area contributed by atoms with E-state index in [1.54, 1.807) is 0 Å². The van der Waals surface area contributed by atoms with Crippen LogP contribution in [0.4, 0.5) is 0 Å². The Morgan fingerprint density at radius 2 is 1.24 bits per heavy atom. The molecule has 0 aromatic heterocycles. The zero-order valence-corrected chi connectivity index (χ0v) is 24.8. The van der Waals surface area contributed by atoms with Gasteiger partial charge in [-0.3, -0.25) is 19.6 Å². The smallest absolute Gasteiger partial charge is 0.0510 e. The van der Waals surface area contributed by atoms with Crippen LogP contribution in [0.25, 0.3) is 0 Å². The minimum Gasteiger partial charge on any atom is -0.381 e. The molecular formula is C31H57N5O. The molecule has 6 nitrogen and oxygen atoms in total. The van der Waals surface area contributed by atoms with Gasteiger partial charge in [-0.1, -0.05) is 0 Å². The number of piperazine rings is 1. The van der Waals surface area contributed by atoms with Gasteiger partial charge in [0.05, 0.1) is 13.2 Å². The molecule has 212 valence electrons. The highest BCUT2D eigenvalue weighted by Gasteiger charge is 2.47. The zero-order chi connectivity index (χ0) is 25.8. The van der Waals surface area contributed by atoms with Crippen molar-refractivity contribution in [3.05, 3.63) is 0 Å². The molecule has 0 aliphatic carbocycles. The highest BCUT2D eigenvalue weighted by atomic mass is 16.5. The van der Waals surface area contributed by atoms with Crippen LogP contribution in [0.1, 0.15) is 73.1 Å². The molecular weight excluding hydrogens is 458 g/mol. The van der Waals surface area contributed by atoms with E-state index in [1.165, 1.54) is 104 Å². The third-order valence-electron chi connectivity index (χ3n) is 12.2. The van der Waals surface area contributed by atoms with Gasteiger partial charge < -0.3 is 10.1 Å². The van der Waals surface area contributed by atoms with Crippen molar-refractivity contribution in [2.24, 2.45) is 23.7 Å². The molecule has 0 radical (unpaired) electrons. The summed E-state index contributed by atoms with van der Waals surface area (Å²) in [6, 6.07) is 0.816. The van der Waals surface area contributed by atoms with Crippen molar-refractivity contribution in [2.45, 2.75) is 95.8 Å². The largest absolute Gasteiger partial charge is 0.381 e. The number of likely N-dealkylation sites (tertiary alicyclic amines) is 2. The third kappa shape index (κ3) is 5.41. The van der Waals surface area contributed by atoms with Crippen molar-refractivity contribution in [2.75, 3.05) is 78.7 Å². The lowest BCUT2D eigenvalue weighted by Crippen LogP contribution is -2.58. The lowest BCUT2D eigenvalue weighted by Gasteiger charge is -2.49. The van der Waals surface area contributed by atoms with Gasteiger partial charge in [-0.05, 0) is 105 Å². The predicted octanol–water partition coefficient (Wildman–Crippen LogP) is 3.37. The maximum Gasteiger partial charge on any atom is 0.0510 e. The molecule has 6 fully saturated rings. The number of hydrogen-bond donors (Lipinski definition) is 1. The SMILES string of the molecule is CC(C)(CCC(C)(CCC(C)(C)N1CCN2CCCC2C1)N1CC2CNCC2C1)N1CC2COCC2C1. The second kappa shape index (κ2) is 10.3. The molecule has 0 spiro atoms. The molecule has 6 unspecified atom stereocenters. The van der Waals surface area contributed by atoms with Crippen molar-refractivity contribution < 1.29 is 4.74 Å². The second-order valence-corrected chi connectivity index (χ2v) is 15.4. The molecule has 1 N–H and O–H groups in total. The fraction of sp³-hybridized carbons (Fsp3) is 1.00. The second-order valence-electron chi connectivity index (χ2n) is 15.4. The van der Waals surface area contributed by atoms with E-state index in [2.05, 4.69) is 59.5 Å². The number of ether oxygens (including phenoxy) is 1. The first kappa shape index (κ1) is 27.0. The van der Waals surface area contributed by atoms with Crippen LogP contribution in [0.5, 0.6) is 0 Å². The van der Waals surface area contributed by atoms with E-state index in [9.17, 15) is 0 Å². The maximum absolute atomic E-state index is 5.78. The lowest BCUT2D eigenvalue weighted by atomic mass is 9.80. The summed E-state index contributed by atoms with van der Waals surface area (Å²) in [5.41, 5.74) is 0.860. The van der Waals surface area contributed by atoms with E-state index in [-0.39, 0.29) is 11.1 Å². The standard InChI is InChI=1S/C31H57N5O/c1-29(2,34-14-13-33-12-6-7-28(33)21-34)8-10-31(5,36-17-24-15-32-16-25(24)18-36)11-9-30(3,4)35-19-26-22-37-23-27(26)20-35/h24-28,32H,6-23H2,1-5H3. The summed E-state index contributed by atoms with van der Waals surface area (Å²) in [6.45, 7) is 27.5. The zero-order valence-electron chi connectivity index (χ0n) is 24.8. The first-order valence-electron chi connectivity index (χ1n) is 15.9. The van der Waals surface area contributed by atoms with Crippen molar-refractivity contribution in [3.63, 3.8) is 0 Å². The van der Waals surface area contributed by atoms with Crippen LogP contribution in [-0.2, 0) is 4.74 Å². The van der Waals surface area contributed by atoms with Crippen molar-refractivity contribution in [1.29, 1.82) is 0 Å². The maximum atomic E-state index is 5.78. The van der Waals surface area contributed by atoms with Gasteiger partial charge in [0.15, 0.2) is 0 Å². The Balaban J connectivity index is 1.12.